The van der Waals surface area contributed by atoms with Crippen LogP contribution >= 0.6 is 0 Å². The van der Waals surface area contributed by atoms with Crippen molar-refractivity contribution in [2.24, 2.45) is 0 Å². The molecule has 2 aliphatic rings. The van der Waals surface area contributed by atoms with Crippen LogP contribution in [0.2, 0.25) is 0 Å². The van der Waals surface area contributed by atoms with Gasteiger partial charge in [-0.2, -0.15) is 17.5 Å². The first kappa shape index (κ1) is 23.2. The SMILES string of the molecule is O=C(c1cccc(S(=O)(=O)N2CCOCC2)c1)N1NC(c2ccccc2)=C[C@]1(O)C(F)(F)F. The van der Waals surface area contributed by atoms with Crippen LogP contribution in [0, 0.1) is 0 Å². The van der Waals surface area contributed by atoms with Crippen molar-refractivity contribution < 1.29 is 36.2 Å². The summed E-state index contributed by atoms with van der Waals surface area (Å²) in [4.78, 5) is 12.8. The van der Waals surface area contributed by atoms with Gasteiger partial charge in [-0.25, -0.2) is 13.4 Å². The second-order valence-electron chi connectivity index (χ2n) is 7.44. The van der Waals surface area contributed by atoms with Crippen molar-refractivity contribution in [1.29, 1.82) is 0 Å². The minimum absolute atomic E-state index is 0.0514. The van der Waals surface area contributed by atoms with Gasteiger partial charge < -0.3 is 9.84 Å². The van der Waals surface area contributed by atoms with E-state index in [1.807, 2.05) is 0 Å². The van der Waals surface area contributed by atoms with Gasteiger partial charge in [0.1, 0.15) is 0 Å². The summed E-state index contributed by atoms with van der Waals surface area (Å²) in [5.41, 5.74) is -1.47. The molecule has 176 valence electrons. The maximum atomic E-state index is 13.8. The molecule has 0 aliphatic carbocycles. The van der Waals surface area contributed by atoms with Crippen molar-refractivity contribution >= 4 is 21.6 Å². The minimum Gasteiger partial charge on any atom is -0.379 e. The predicted molar refractivity (Wildman–Crippen MR) is 111 cm³/mol. The van der Waals surface area contributed by atoms with E-state index in [0.717, 1.165) is 6.07 Å². The number of hydrogen-bond donors (Lipinski definition) is 2. The molecular formula is C21H20F3N3O5S. The molecule has 0 radical (unpaired) electrons. The smallest absolute Gasteiger partial charge is 0.379 e. The van der Waals surface area contributed by atoms with E-state index in [0.29, 0.717) is 11.6 Å². The highest BCUT2D eigenvalue weighted by atomic mass is 32.2. The van der Waals surface area contributed by atoms with Crippen molar-refractivity contribution in [2.75, 3.05) is 26.3 Å². The fourth-order valence-electron chi connectivity index (χ4n) is 3.54. The van der Waals surface area contributed by atoms with Crippen LogP contribution in [0.1, 0.15) is 15.9 Å². The van der Waals surface area contributed by atoms with Gasteiger partial charge in [0.25, 0.3) is 11.6 Å². The zero-order chi connectivity index (χ0) is 23.9. The van der Waals surface area contributed by atoms with Gasteiger partial charge in [-0.1, -0.05) is 36.4 Å². The molecule has 12 heteroatoms. The molecule has 33 heavy (non-hydrogen) atoms. The number of hydrogen-bond acceptors (Lipinski definition) is 6. The van der Waals surface area contributed by atoms with E-state index in [9.17, 15) is 31.5 Å². The van der Waals surface area contributed by atoms with Crippen LogP contribution in [-0.2, 0) is 14.8 Å². The van der Waals surface area contributed by atoms with Crippen LogP contribution in [0.15, 0.2) is 65.6 Å². The lowest BCUT2D eigenvalue weighted by Gasteiger charge is -2.33. The van der Waals surface area contributed by atoms with Crippen LogP contribution in [0.5, 0.6) is 0 Å². The fraction of sp³-hybridized carbons (Fsp3) is 0.286. The average molecular weight is 483 g/mol. The number of nitrogens with one attached hydrogen (secondary N) is 1. The number of rotatable bonds is 4. The Morgan fingerprint density at radius 3 is 2.36 bits per heavy atom. The van der Waals surface area contributed by atoms with Crippen LogP contribution in [0.4, 0.5) is 13.2 Å². The molecule has 2 aromatic carbocycles. The van der Waals surface area contributed by atoms with E-state index in [-0.39, 0.29) is 47.5 Å². The van der Waals surface area contributed by atoms with Gasteiger partial charge in [0.2, 0.25) is 10.0 Å². The second-order valence-corrected chi connectivity index (χ2v) is 9.38. The fourth-order valence-corrected chi connectivity index (χ4v) is 4.99. The third-order valence-electron chi connectivity index (χ3n) is 5.31. The Labute approximate surface area is 187 Å². The molecule has 0 spiro atoms. The number of sulfonamides is 1. The van der Waals surface area contributed by atoms with Gasteiger partial charge in [0.15, 0.2) is 0 Å². The summed E-state index contributed by atoms with van der Waals surface area (Å²) >= 11 is 0. The molecule has 4 rings (SSSR count). The molecule has 1 saturated heterocycles. The summed E-state index contributed by atoms with van der Waals surface area (Å²) in [7, 11) is -3.99. The van der Waals surface area contributed by atoms with Gasteiger partial charge in [-0.05, 0) is 23.8 Å². The number of carbonyl (C=O) groups excluding carboxylic acids is 1. The lowest BCUT2D eigenvalue weighted by molar-refractivity contribution is -0.283. The number of hydrazine groups is 1. The molecule has 1 amide bonds. The number of aliphatic hydroxyl groups is 1. The van der Waals surface area contributed by atoms with E-state index >= 15 is 0 Å². The van der Waals surface area contributed by atoms with Gasteiger partial charge in [0, 0.05) is 24.7 Å². The quantitative estimate of drug-likeness (QED) is 0.690. The highest BCUT2D eigenvalue weighted by molar-refractivity contribution is 7.89. The van der Waals surface area contributed by atoms with Gasteiger partial charge in [-0.15, -0.1) is 0 Å². The van der Waals surface area contributed by atoms with E-state index in [1.54, 1.807) is 18.2 Å². The maximum absolute atomic E-state index is 13.8. The van der Waals surface area contributed by atoms with Crippen molar-refractivity contribution in [3.05, 3.63) is 71.8 Å². The number of morpholine rings is 1. The average Bonchev–Trinajstić information content (AvgIpc) is 3.19. The van der Waals surface area contributed by atoms with Crippen LogP contribution in [-0.4, -0.2) is 67.0 Å². The monoisotopic (exact) mass is 483 g/mol. The molecule has 8 nitrogen and oxygen atoms in total. The summed E-state index contributed by atoms with van der Waals surface area (Å²) in [6.07, 6.45) is -4.72. The summed E-state index contributed by atoms with van der Waals surface area (Å²) in [6, 6.07) is 12.6. The highest BCUT2D eigenvalue weighted by Crippen LogP contribution is 2.40. The summed E-state index contributed by atoms with van der Waals surface area (Å²) in [5.74, 6) is -1.25. The van der Waals surface area contributed by atoms with Crippen LogP contribution < -0.4 is 5.43 Å². The predicted octanol–water partition coefficient (Wildman–Crippen LogP) is 1.96. The molecule has 0 aromatic heterocycles. The first-order valence-electron chi connectivity index (χ1n) is 9.90. The number of alkyl halides is 3. The number of carbonyl (C=O) groups is 1. The van der Waals surface area contributed by atoms with E-state index in [2.05, 4.69) is 5.43 Å². The Hall–Kier alpha value is -2.93. The van der Waals surface area contributed by atoms with E-state index < -0.39 is 27.8 Å². The largest absolute Gasteiger partial charge is 0.442 e. The van der Waals surface area contributed by atoms with Crippen molar-refractivity contribution in [2.45, 2.75) is 16.8 Å². The van der Waals surface area contributed by atoms with Crippen molar-refractivity contribution in [3.63, 3.8) is 0 Å². The Morgan fingerprint density at radius 2 is 1.73 bits per heavy atom. The van der Waals surface area contributed by atoms with Crippen molar-refractivity contribution in [3.8, 4) is 0 Å². The number of halogens is 3. The molecule has 2 aliphatic heterocycles. The normalized spacial score (nSPS) is 22.1. The molecule has 0 unspecified atom stereocenters. The third-order valence-corrected chi connectivity index (χ3v) is 7.21. The van der Waals surface area contributed by atoms with Gasteiger partial charge in [0.05, 0.1) is 23.8 Å². The van der Waals surface area contributed by atoms with Gasteiger partial charge >= 0.3 is 6.18 Å². The standard InChI is InChI=1S/C21H20F3N3O5S/c22-21(23,24)20(29)14-18(15-5-2-1-3-6-15)25-27(20)19(28)16-7-4-8-17(13-16)33(30,31)26-9-11-32-12-10-26/h1-8,13-14,25,29H,9-12H2/t20-/m0/s1. The maximum Gasteiger partial charge on any atom is 0.442 e. The minimum atomic E-state index is -5.23. The van der Waals surface area contributed by atoms with E-state index in [1.165, 1.54) is 34.6 Å². The zero-order valence-corrected chi connectivity index (χ0v) is 17.9. The Kier molecular flexibility index (Phi) is 5.95. The molecule has 0 bridgehead atoms. The number of benzene rings is 2. The van der Waals surface area contributed by atoms with Crippen LogP contribution in [0.25, 0.3) is 5.70 Å². The molecule has 2 aromatic rings. The topological polar surface area (TPSA) is 99.2 Å². The van der Waals surface area contributed by atoms with Crippen molar-refractivity contribution in [1.82, 2.24) is 14.7 Å². The highest BCUT2D eigenvalue weighted by Gasteiger charge is 2.61. The summed E-state index contributed by atoms with van der Waals surface area (Å²) in [5, 5.41) is 10.5. The first-order chi connectivity index (χ1) is 15.5. The number of nitrogens with zero attached hydrogens (tertiary/aromatic N) is 2. The summed E-state index contributed by atoms with van der Waals surface area (Å²) in [6.45, 7) is 0.656. The summed E-state index contributed by atoms with van der Waals surface area (Å²) < 4.78 is 73.6. The number of ether oxygens (including phenoxy) is 1. The molecular weight excluding hydrogens is 463 g/mol. The third kappa shape index (κ3) is 4.22. The first-order valence-corrected chi connectivity index (χ1v) is 11.3. The lowest BCUT2D eigenvalue weighted by atomic mass is 10.1. The zero-order valence-electron chi connectivity index (χ0n) is 17.1. The molecule has 2 N–H and O–H groups in total. The molecule has 1 atom stereocenters. The number of amides is 1. The molecule has 2 heterocycles. The van der Waals surface area contributed by atoms with Crippen LogP contribution in [0.3, 0.4) is 0 Å². The Balaban J connectivity index is 1.68. The molecule has 0 saturated carbocycles. The van der Waals surface area contributed by atoms with E-state index in [4.69, 9.17) is 4.74 Å². The second kappa shape index (κ2) is 8.45. The Bertz CT molecular complexity index is 1180. The lowest BCUT2D eigenvalue weighted by Crippen LogP contribution is -2.60. The van der Waals surface area contributed by atoms with Gasteiger partial charge in [-0.3, -0.25) is 10.2 Å². The molecule has 1 fully saturated rings. The Morgan fingerprint density at radius 1 is 1.06 bits per heavy atom.